The maximum atomic E-state index is 2.64. The third-order valence-corrected chi connectivity index (χ3v) is 11.0. The minimum Gasteiger partial charge on any atom is -0.0837 e. The van der Waals surface area contributed by atoms with Gasteiger partial charge in [0.2, 0.25) is 0 Å². The van der Waals surface area contributed by atoms with Gasteiger partial charge in [0.15, 0.2) is 0 Å². The van der Waals surface area contributed by atoms with Gasteiger partial charge in [0.1, 0.15) is 0 Å². The van der Waals surface area contributed by atoms with Gasteiger partial charge in [0, 0.05) is 5.04 Å². The van der Waals surface area contributed by atoms with E-state index in [0.29, 0.717) is 5.92 Å². The van der Waals surface area contributed by atoms with Crippen molar-refractivity contribution in [2.24, 2.45) is 11.3 Å². The SMILES string of the molecule is CC1=CC(CC2(CC(C)C)C=CC=CC2)([Si]c2cc(C)cc([Si](C)(C)C)c2)C(C)=C1C. The Morgan fingerprint density at radius 1 is 1.00 bits per heavy atom. The van der Waals surface area contributed by atoms with Crippen molar-refractivity contribution >= 4 is 28.0 Å². The van der Waals surface area contributed by atoms with Crippen molar-refractivity contribution < 1.29 is 0 Å². The highest BCUT2D eigenvalue weighted by molar-refractivity contribution is 6.89. The van der Waals surface area contributed by atoms with Crippen molar-refractivity contribution in [3.05, 3.63) is 70.9 Å². The first-order valence-corrected chi connectivity index (χ1v) is 16.5. The van der Waals surface area contributed by atoms with Gasteiger partial charge >= 0.3 is 0 Å². The normalized spacial score (nSPS) is 26.2. The largest absolute Gasteiger partial charge is 0.0980 e. The molecule has 0 aromatic heterocycles. The van der Waals surface area contributed by atoms with Crippen LogP contribution >= 0.6 is 0 Å². The van der Waals surface area contributed by atoms with Crippen LogP contribution in [0.3, 0.4) is 0 Å². The second-order valence-electron chi connectivity index (χ2n) is 11.6. The Hall–Kier alpha value is -1.39. The molecule has 31 heavy (non-hydrogen) atoms. The fourth-order valence-electron chi connectivity index (χ4n) is 5.55. The standard InChI is InChI=1S/C29H42Si2/c1-21(2)18-28(13-11-10-12-14-28)20-29(19-23(4)24(5)25(29)6)30-26-15-22(3)16-27(17-26)31(7,8)9/h10-13,15-17,19,21H,14,18,20H2,1-9H3. The molecule has 0 spiro atoms. The third kappa shape index (κ3) is 5.34. The molecule has 0 amide bonds. The molecule has 2 unspecified atom stereocenters. The van der Waals surface area contributed by atoms with Gasteiger partial charge in [-0.15, -0.1) is 0 Å². The summed E-state index contributed by atoms with van der Waals surface area (Å²) in [6.07, 6.45) is 15.7. The van der Waals surface area contributed by atoms with Crippen molar-refractivity contribution in [2.75, 3.05) is 0 Å². The van der Waals surface area contributed by atoms with Gasteiger partial charge in [0.05, 0.1) is 17.6 Å². The van der Waals surface area contributed by atoms with E-state index in [2.05, 4.69) is 110 Å². The maximum Gasteiger partial charge on any atom is 0.0980 e. The van der Waals surface area contributed by atoms with Crippen LogP contribution in [0, 0.1) is 18.3 Å². The lowest BCUT2D eigenvalue weighted by atomic mass is 9.69. The van der Waals surface area contributed by atoms with Gasteiger partial charge in [-0.25, -0.2) is 0 Å². The minimum absolute atomic E-state index is 0.142. The summed E-state index contributed by atoms with van der Waals surface area (Å²) in [6, 6.07) is 7.44. The molecule has 0 saturated heterocycles. The van der Waals surface area contributed by atoms with E-state index in [4.69, 9.17) is 0 Å². The molecule has 2 atom stereocenters. The Balaban J connectivity index is 2.08. The summed E-state index contributed by atoms with van der Waals surface area (Å²) in [5.41, 5.74) is 6.28. The van der Waals surface area contributed by atoms with Gasteiger partial charge in [-0.2, -0.15) is 0 Å². The second kappa shape index (κ2) is 8.86. The number of hydrogen-bond acceptors (Lipinski definition) is 0. The quantitative estimate of drug-likeness (QED) is 0.386. The first-order chi connectivity index (χ1) is 14.4. The molecular weight excluding hydrogens is 404 g/mol. The Kier molecular flexibility index (Phi) is 6.94. The molecule has 166 valence electrons. The van der Waals surface area contributed by atoms with Crippen molar-refractivity contribution in [2.45, 2.75) is 85.5 Å². The molecule has 1 aromatic carbocycles. The first kappa shape index (κ1) is 24.3. The second-order valence-corrected chi connectivity index (χ2v) is 18.4. The van der Waals surface area contributed by atoms with Crippen LogP contribution in [0.5, 0.6) is 0 Å². The summed E-state index contributed by atoms with van der Waals surface area (Å²) >= 11 is 0. The molecule has 1 aromatic rings. The van der Waals surface area contributed by atoms with Gasteiger partial charge in [0.25, 0.3) is 0 Å². The summed E-state index contributed by atoms with van der Waals surface area (Å²) in [4.78, 5) is 0. The smallest absolute Gasteiger partial charge is 0.0837 e. The molecule has 2 aliphatic carbocycles. The first-order valence-electron chi connectivity index (χ1n) is 12.0. The van der Waals surface area contributed by atoms with E-state index in [9.17, 15) is 0 Å². The molecule has 0 heterocycles. The summed E-state index contributed by atoms with van der Waals surface area (Å²) in [5, 5.41) is 3.29. The Morgan fingerprint density at radius 3 is 2.23 bits per heavy atom. The van der Waals surface area contributed by atoms with E-state index in [-0.39, 0.29) is 10.5 Å². The van der Waals surface area contributed by atoms with Gasteiger partial charge in [-0.1, -0.05) is 109 Å². The topological polar surface area (TPSA) is 0 Å². The van der Waals surface area contributed by atoms with E-state index >= 15 is 0 Å². The Labute approximate surface area is 195 Å². The van der Waals surface area contributed by atoms with E-state index < -0.39 is 8.07 Å². The van der Waals surface area contributed by atoms with Gasteiger partial charge in [-0.05, 0) is 63.9 Å². The van der Waals surface area contributed by atoms with Crippen LogP contribution in [0.4, 0.5) is 0 Å². The minimum atomic E-state index is -1.34. The molecular formula is C29H42Si2. The van der Waals surface area contributed by atoms with Crippen LogP contribution in [0.2, 0.25) is 24.7 Å². The molecule has 0 aliphatic heterocycles. The van der Waals surface area contributed by atoms with E-state index in [0.717, 1.165) is 9.52 Å². The van der Waals surface area contributed by atoms with Crippen LogP contribution in [0.25, 0.3) is 0 Å². The van der Waals surface area contributed by atoms with E-state index in [1.807, 2.05) is 0 Å². The monoisotopic (exact) mass is 446 g/mol. The molecule has 2 heteroatoms. The molecule has 2 radical (unpaired) electrons. The van der Waals surface area contributed by atoms with E-state index in [1.54, 1.807) is 15.9 Å². The fraction of sp³-hybridized carbons (Fsp3) is 0.517. The lowest BCUT2D eigenvalue weighted by Crippen LogP contribution is -2.42. The highest BCUT2D eigenvalue weighted by Gasteiger charge is 2.43. The van der Waals surface area contributed by atoms with Crippen LogP contribution in [-0.4, -0.2) is 17.6 Å². The fourth-order valence-corrected chi connectivity index (χ4v) is 9.09. The van der Waals surface area contributed by atoms with Gasteiger partial charge < -0.3 is 0 Å². The number of hydrogen-bond donors (Lipinski definition) is 0. The Bertz CT molecular complexity index is 951. The lowest BCUT2D eigenvalue weighted by molar-refractivity contribution is 0.265. The van der Waals surface area contributed by atoms with E-state index in [1.165, 1.54) is 36.0 Å². The van der Waals surface area contributed by atoms with Crippen molar-refractivity contribution in [3.8, 4) is 0 Å². The predicted molar refractivity (Wildman–Crippen MR) is 144 cm³/mol. The zero-order valence-electron chi connectivity index (χ0n) is 21.3. The number of benzene rings is 1. The molecule has 3 rings (SSSR count). The molecule has 0 saturated carbocycles. The summed E-state index contributed by atoms with van der Waals surface area (Å²) in [6.45, 7) is 21.5. The molecule has 0 N–H and O–H groups in total. The predicted octanol–water partition coefficient (Wildman–Crippen LogP) is 7.26. The van der Waals surface area contributed by atoms with Crippen molar-refractivity contribution in [3.63, 3.8) is 0 Å². The number of rotatable bonds is 7. The number of allylic oxidation sites excluding steroid dienone is 8. The Morgan fingerprint density at radius 2 is 1.71 bits per heavy atom. The lowest BCUT2D eigenvalue weighted by Gasteiger charge is -2.42. The van der Waals surface area contributed by atoms with Crippen LogP contribution < -0.4 is 10.4 Å². The highest BCUT2D eigenvalue weighted by Crippen LogP contribution is 2.56. The maximum absolute atomic E-state index is 2.64. The molecule has 0 bridgehead atoms. The van der Waals surface area contributed by atoms with Crippen LogP contribution in [0.15, 0.2) is 65.3 Å². The zero-order chi connectivity index (χ0) is 23.0. The molecule has 2 aliphatic rings. The average molecular weight is 447 g/mol. The summed E-state index contributed by atoms with van der Waals surface area (Å²) in [5.74, 6) is 0.700. The average Bonchev–Trinajstić information content (AvgIpc) is 2.84. The number of aryl methyl sites for hydroxylation is 1. The van der Waals surface area contributed by atoms with Gasteiger partial charge in [-0.3, -0.25) is 0 Å². The van der Waals surface area contributed by atoms with Crippen molar-refractivity contribution in [1.29, 1.82) is 0 Å². The zero-order valence-corrected chi connectivity index (χ0v) is 23.3. The molecule has 0 fully saturated rings. The molecule has 0 nitrogen and oxygen atoms in total. The van der Waals surface area contributed by atoms with Crippen LogP contribution in [-0.2, 0) is 0 Å². The summed E-state index contributed by atoms with van der Waals surface area (Å²) < 4.78 is 0. The van der Waals surface area contributed by atoms with Crippen molar-refractivity contribution in [1.82, 2.24) is 0 Å². The highest BCUT2D eigenvalue weighted by atomic mass is 28.3. The summed E-state index contributed by atoms with van der Waals surface area (Å²) in [7, 11) is -0.558. The third-order valence-electron chi connectivity index (χ3n) is 7.26. The van der Waals surface area contributed by atoms with Crippen LogP contribution in [0.1, 0.15) is 59.4 Å².